The van der Waals surface area contributed by atoms with Gasteiger partial charge in [-0.25, -0.2) is 0 Å². The summed E-state index contributed by atoms with van der Waals surface area (Å²) in [5, 5.41) is 1.07. The molecule has 6 aromatic rings. The third-order valence-electron chi connectivity index (χ3n) is 7.06. The zero-order valence-corrected chi connectivity index (χ0v) is 23.2. The maximum atomic E-state index is 6.16. The minimum atomic E-state index is 0.900. The molecule has 0 radical (unpaired) electrons. The average Bonchev–Trinajstić information content (AvgIpc) is 3.30. The molecule has 2 heteroatoms. The third-order valence-corrected chi connectivity index (χ3v) is 7.76. The number of allylic oxidation sites excluding steroid dienone is 1. The number of fused-ring (bicyclic) bond motifs is 1. The second kappa shape index (κ2) is 10.7. The molecule has 186 valence electrons. The van der Waals surface area contributed by atoms with Crippen LogP contribution in [-0.4, -0.2) is 4.57 Å². The first-order valence-corrected chi connectivity index (χ1v) is 13.8. The number of halogens is 1. The summed E-state index contributed by atoms with van der Waals surface area (Å²) in [4.78, 5) is 0. The third kappa shape index (κ3) is 4.63. The Morgan fingerprint density at radius 2 is 1.33 bits per heavy atom. The molecule has 39 heavy (non-hydrogen) atoms. The quantitative estimate of drug-likeness (QED) is 0.184. The van der Waals surface area contributed by atoms with Crippen molar-refractivity contribution in [1.82, 2.24) is 4.57 Å². The Morgan fingerprint density at radius 1 is 0.667 bits per heavy atom. The average molecular weight is 565 g/mol. The van der Waals surface area contributed by atoms with E-state index in [0.717, 1.165) is 43.4 Å². The van der Waals surface area contributed by atoms with Gasteiger partial charge in [0.25, 0.3) is 0 Å². The maximum Gasteiger partial charge on any atom is 0.0621 e. The van der Waals surface area contributed by atoms with Crippen molar-refractivity contribution in [2.45, 2.75) is 6.92 Å². The molecule has 0 unspecified atom stereocenters. The van der Waals surface area contributed by atoms with Crippen LogP contribution in [0.3, 0.4) is 0 Å². The topological polar surface area (TPSA) is 4.93 Å². The first kappa shape index (κ1) is 24.7. The zero-order chi connectivity index (χ0) is 26.8. The Kier molecular flexibility index (Phi) is 6.76. The molecule has 1 heterocycles. The standard InChI is InChI=1S/C37H26BrN/c1-3-12-36-32(4-2)34-25-29(27-15-10-17-30(23-27)33-19-8-9-20-35(33)38)21-22-37(34)39(36)31-18-11-16-28(24-31)26-13-6-5-7-14-26/h2-3,5-25H,1H3/b12-3-. The lowest BCUT2D eigenvalue weighted by Crippen LogP contribution is -1.97. The molecule has 0 saturated carbocycles. The lowest BCUT2D eigenvalue weighted by Gasteiger charge is -2.12. The predicted molar refractivity (Wildman–Crippen MR) is 170 cm³/mol. The van der Waals surface area contributed by atoms with Crippen LogP contribution in [0.1, 0.15) is 18.2 Å². The molecule has 0 amide bonds. The molecule has 1 nitrogen and oxygen atoms in total. The van der Waals surface area contributed by atoms with Crippen molar-refractivity contribution in [1.29, 1.82) is 0 Å². The van der Waals surface area contributed by atoms with Gasteiger partial charge in [0.05, 0.1) is 16.8 Å². The Balaban J connectivity index is 1.52. The Bertz CT molecular complexity index is 1880. The number of terminal acetylenes is 1. The summed E-state index contributed by atoms with van der Waals surface area (Å²) in [5.74, 6) is 3.00. The molecule has 0 N–H and O–H groups in total. The van der Waals surface area contributed by atoms with Crippen molar-refractivity contribution in [3.63, 3.8) is 0 Å². The highest BCUT2D eigenvalue weighted by Gasteiger charge is 2.17. The van der Waals surface area contributed by atoms with Gasteiger partial charge in [-0.15, -0.1) is 6.42 Å². The molecule has 0 saturated heterocycles. The van der Waals surface area contributed by atoms with E-state index in [-0.39, 0.29) is 0 Å². The van der Waals surface area contributed by atoms with Crippen LogP contribution in [0.5, 0.6) is 0 Å². The number of benzene rings is 5. The maximum absolute atomic E-state index is 6.16. The van der Waals surface area contributed by atoms with E-state index in [4.69, 9.17) is 6.42 Å². The molecular formula is C37H26BrN. The molecule has 0 bridgehead atoms. The fourth-order valence-corrected chi connectivity index (χ4v) is 5.77. The molecule has 6 rings (SSSR count). The summed E-state index contributed by atoms with van der Waals surface area (Å²) in [6, 6.07) is 42.7. The van der Waals surface area contributed by atoms with Gasteiger partial charge in [-0.05, 0) is 82.8 Å². The molecule has 0 atom stereocenters. The Hall–Kier alpha value is -4.58. The van der Waals surface area contributed by atoms with E-state index in [0.29, 0.717) is 0 Å². The van der Waals surface area contributed by atoms with E-state index in [1.165, 1.54) is 22.3 Å². The second-order valence-electron chi connectivity index (χ2n) is 9.45. The molecule has 0 spiro atoms. The van der Waals surface area contributed by atoms with Gasteiger partial charge >= 0.3 is 0 Å². The van der Waals surface area contributed by atoms with Gasteiger partial charge in [0, 0.05) is 15.5 Å². The highest BCUT2D eigenvalue weighted by Crippen LogP contribution is 2.36. The van der Waals surface area contributed by atoms with Crippen molar-refractivity contribution < 1.29 is 0 Å². The van der Waals surface area contributed by atoms with Gasteiger partial charge < -0.3 is 4.57 Å². The fraction of sp³-hybridized carbons (Fsp3) is 0.0270. The molecule has 0 aliphatic rings. The van der Waals surface area contributed by atoms with Crippen molar-refractivity contribution >= 4 is 32.9 Å². The van der Waals surface area contributed by atoms with E-state index in [2.05, 4.69) is 148 Å². The monoisotopic (exact) mass is 563 g/mol. The van der Waals surface area contributed by atoms with E-state index in [1.807, 2.05) is 19.1 Å². The summed E-state index contributed by atoms with van der Waals surface area (Å²) in [7, 11) is 0. The number of rotatable bonds is 5. The van der Waals surface area contributed by atoms with Gasteiger partial charge in [-0.3, -0.25) is 0 Å². The largest absolute Gasteiger partial charge is 0.309 e. The minimum absolute atomic E-state index is 0.900. The van der Waals surface area contributed by atoms with Crippen molar-refractivity contribution in [3.8, 4) is 51.4 Å². The van der Waals surface area contributed by atoms with Crippen molar-refractivity contribution in [3.05, 3.63) is 143 Å². The van der Waals surface area contributed by atoms with Crippen LogP contribution >= 0.6 is 15.9 Å². The molecule has 0 aliphatic carbocycles. The summed E-state index contributed by atoms with van der Waals surface area (Å²) < 4.78 is 3.36. The highest BCUT2D eigenvalue weighted by atomic mass is 79.9. The van der Waals surface area contributed by atoms with Crippen molar-refractivity contribution in [2.24, 2.45) is 0 Å². The number of nitrogens with zero attached hydrogens (tertiary/aromatic N) is 1. The van der Waals surface area contributed by atoms with E-state index in [9.17, 15) is 0 Å². The first-order valence-electron chi connectivity index (χ1n) is 13.0. The van der Waals surface area contributed by atoms with Crippen LogP contribution in [0.25, 0.3) is 56.0 Å². The van der Waals surface area contributed by atoms with Crippen LogP contribution in [-0.2, 0) is 0 Å². The zero-order valence-electron chi connectivity index (χ0n) is 21.6. The predicted octanol–water partition coefficient (Wildman–Crippen LogP) is 10.4. The van der Waals surface area contributed by atoms with Crippen LogP contribution < -0.4 is 0 Å². The SMILES string of the molecule is C#Cc1c(/C=C\C)n(-c2cccc(-c3ccccc3)c2)c2ccc(-c3cccc(-c4ccccc4Br)c3)cc12. The summed E-state index contributed by atoms with van der Waals surface area (Å²) >= 11 is 3.70. The Morgan fingerprint density at radius 3 is 2.10 bits per heavy atom. The van der Waals surface area contributed by atoms with Gasteiger partial charge in [0.15, 0.2) is 0 Å². The smallest absolute Gasteiger partial charge is 0.0621 e. The lowest BCUT2D eigenvalue weighted by molar-refractivity contribution is 1.10. The lowest BCUT2D eigenvalue weighted by atomic mass is 9.97. The summed E-state index contributed by atoms with van der Waals surface area (Å²) in [6.07, 6.45) is 10.3. The number of aromatic nitrogens is 1. The first-order chi connectivity index (χ1) is 19.2. The Labute approximate surface area is 238 Å². The summed E-state index contributed by atoms with van der Waals surface area (Å²) in [6.45, 7) is 2.03. The van der Waals surface area contributed by atoms with Gasteiger partial charge in [0.1, 0.15) is 0 Å². The van der Waals surface area contributed by atoms with Gasteiger partial charge in [-0.1, -0.05) is 113 Å². The summed E-state index contributed by atoms with van der Waals surface area (Å²) in [5.41, 5.74) is 11.1. The van der Waals surface area contributed by atoms with E-state index < -0.39 is 0 Å². The molecule has 0 aliphatic heterocycles. The molecule has 1 aromatic heterocycles. The fourth-order valence-electron chi connectivity index (χ4n) is 5.25. The number of hydrogen-bond donors (Lipinski definition) is 0. The molecule has 5 aromatic carbocycles. The van der Waals surface area contributed by atoms with Crippen LogP contribution in [0, 0.1) is 12.3 Å². The van der Waals surface area contributed by atoms with E-state index in [1.54, 1.807) is 0 Å². The van der Waals surface area contributed by atoms with E-state index >= 15 is 0 Å². The van der Waals surface area contributed by atoms with Crippen LogP contribution in [0.4, 0.5) is 0 Å². The van der Waals surface area contributed by atoms with Crippen molar-refractivity contribution in [2.75, 3.05) is 0 Å². The molecular weight excluding hydrogens is 538 g/mol. The molecule has 0 fully saturated rings. The second-order valence-corrected chi connectivity index (χ2v) is 10.3. The highest BCUT2D eigenvalue weighted by molar-refractivity contribution is 9.10. The van der Waals surface area contributed by atoms with Crippen LogP contribution in [0.15, 0.2) is 132 Å². The van der Waals surface area contributed by atoms with Gasteiger partial charge in [0.2, 0.25) is 0 Å². The van der Waals surface area contributed by atoms with Crippen LogP contribution in [0.2, 0.25) is 0 Å². The number of hydrogen-bond acceptors (Lipinski definition) is 0. The minimum Gasteiger partial charge on any atom is -0.309 e. The normalized spacial score (nSPS) is 11.2. The van der Waals surface area contributed by atoms with Gasteiger partial charge in [-0.2, -0.15) is 0 Å².